The van der Waals surface area contributed by atoms with Crippen molar-refractivity contribution in [2.24, 2.45) is 0 Å². The van der Waals surface area contributed by atoms with E-state index < -0.39 is 17.6 Å². The molecule has 1 heterocycles. The van der Waals surface area contributed by atoms with Crippen molar-refractivity contribution in [3.05, 3.63) is 35.6 Å². The third kappa shape index (κ3) is 3.00. The number of likely N-dealkylation sites (N-methyl/N-ethyl adjacent to an activating group) is 1. The van der Waals surface area contributed by atoms with Gasteiger partial charge in [-0.2, -0.15) is 0 Å². The van der Waals surface area contributed by atoms with Gasteiger partial charge in [0.05, 0.1) is 6.08 Å². The number of carbonyl (C=O) groups excluding carboxylic acids is 1. The first-order valence-corrected chi connectivity index (χ1v) is 5.75. The zero-order valence-electron chi connectivity index (χ0n) is 10.7. The molecular formula is C13H13NO6. The lowest BCUT2D eigenvalue weighted by Crippen LogP contribution is -2.25. The summed E-state index contributed by atoms with van der Waals surface area (Å²) in [6, 6.07) is 5.26. The summed E-state index contributed by atoms with van der Waals surface area (Å²) in [7, 11) is 1.50. The van der Waals surface area contributed by atoms with E-state index in [0.717, 1.165) is 5.56 Å². The maximum Gasteiger partial charge on any atom is 0.371 e. The highest BCUT2D eigenvalue weighted by Gasteiger charge is 2.15. The molecular weight excluding hydrogens is 266 g/mol. The number of carboxylic acid groups (broad SMARTS) is 1. The normalized spacial score (nSPS) is 13.2. The molecule has 1 aliphatic heterocycles. The van der Waals surface area contributed by atoms with E-state index in [1.165, 1.54) is 11.9 Å². The number of carboxylic acids is 1. The van der Waals surface area contributed by atoms with Gasteiger partial charge in [0, 0.05) is 13.6 Å². The van der Waals surface area contributed by atoms with Crippen LogP contribution in [0, 0.1) is 0 Å². The summed E-state index contributed by atoms with van der Waals surface area (Å²) in [5.41, 5.74) is 0.799. The van der Waals surface area contributed by atoms with E-state index in [1.54, 1.807) is 18.2 Å². The Kier molecular flexibility index (Phi) is 3.79. The van der Waals surface area contributed by atoms with Gasteiger partial charge in [0.1, 0.15) is 0 Å². The van der Waals surface area contributed by atoms with E-state index >= 15 is 0 Å². The van der Waals surface area contributed by atoms with Gasteiger partial charge >= 0.3 is 5.97 Å². The van der Waals surface area contributed by atoms with Crippen molar-refractivity contribution in [2.45, 2.75) is 6.54 Å². The van der Waals surface area contributed by atoms with Crippen LogP contribution in [0.4, 0.5) is 0 Å². The fraction of sp³-hybridized carbons (Fsp3) is 0.231. The van der Waals surface area contributed by atoms with Crippen molar-refractivity contribution >= 4 is 11.9 Å². The molecule has 0 unspecified atom stereocenters. The van der Waals surface area contributed by atoms with Crippen LogP contribution < -0.4 is 9.47 Å². The molecule has 0 aliphatic carbocycles. The standard InChI is InChI=1S/C13H13NO6/c1-14(12(16)5-9(15)13(17)18)6-8-2-3-10-11(4-8)20-7-19-10/h2-5,15H,6-7H2,1H3,(H,17,18)/b9-5-. The number of amides is 1. The molecule has 1 aromatic rings. The zero-order chi connectivity index (χ0) is 14.7. The quantitative estimate of drug-likeness (QED) is 0.628. The maximum absolute atomic E-state index is 11.7. The highest BCUT2D eigenvalue weighted by molar-refractivity contribution is 5.95. The van der Waals surface area contributed by atoms with Crippen LogP contribution in [0.25, 0.3) is 0 Å². The first kappa shape index (κ1) is 13.7. The van der Waals surface area contributed by atoms with Gasteiger partial charge in [-0.1, -0.05) is 6.07 Å². The van der Waals surface area contributed by atoms with Crippen molar-refractivity contribution in [1.82, 2.24) is 4.90 Å². The van der Waals surface area contributed by atoms with Gasteiger partial charge in [-0.05, 0) is 17.7 Å². The molecule has 0 fully saturated rings. The fourth-order valence-corrected chi connectivity index (χ4v) is 1.68. The van der Waals surface area contributed by atoms with Crippen molar-refractivity contribution in [1.29, 1.82) is 0 Å². The highest BCUT2D eigenvalue weighted by Crippen LogP contribution is 2.32. The molecule has 2 rings (SSSR count). The topological polar surface area (TPSA) is 96.3 Å². The number of nitrogens with zero attached hydrogens (tertiary/aromatic N) is 1. The predicted molar refractivity (Wildman–Crippen MR) is 67.4 cm³/mol. The van der Waals surface area contributed by atoms with Crippen LogP contribution in [-0.2, 0) is 16.1 Å². The molecule has 1 aliphatic rings. The van der Waals surface area contributed by atoms with Crippen LogP contribution in [-0.4, -0.2) is 40.8 Å². The number of fused-ring (bicyclic) bond motifs is 1. The van der Waals surface area contributed by atoms with Crippen molar-refractivity contribution < 1.29 is 29.3 Å². The van der Waals surface area contributed by atoms with Gasteiger partial charge in [0.2, 0.25) is 12.6 Å². The second-order valence-corrected chi connectivity index (χ2v) is 4.22. The van der Waals surface area contributed by atoms with Gasteiger partial charge in [0.15, 0.2) is 11.5 Å². The average Bonchev–Trinajstić information content (AvgIpc) is 2.85. The Balaban J connectivity index is 2.04. The second-order valence-electron chi connectivity index (χ2n) is 4.22. The summed E-state index contributed by atoms with van der Waals surface area (Å²) < 4.78 is 10.4. The SMILES string of the molecule is CN(Cc1ccc2c(c1)OCO2)C(=O)/C=C(\O)C(=O)O. The molecule has 2 N–H and O–H groups in total. The molecule has 1 amide bonds. The summed E-state index contributed by atoms with van der Waals surface area (Å²) in [6.07, 6.45) is 0.662. The Hall–Kier alpha value is -2.70. The second kappa shape index (κ2) is 5.52. The number of aliphatic hydroxyl groups is 1. The lowest BCUT2D eigenvalue weighted by atomic mass is 10.2. The summed E-state index contributed by atoms with van der Waals surface area (Å²) >= 11 is 0. The summed E-state index contributed by atoms with van der Waals surface area (Å²) in [5.74, 6) is -1.90. The van der Waals surface area contributed by atoms with Gasteiger partial charge in [-0.25, -0.2) is 4.79 Å². The van der Waals surface area contributed by atoms with Crippen molar-refractivity contribution in [3.63, 3.8) is 0 Å². The van der Waals surface area contributed by atoms with Gasteiger partial charge in [0.25, 0.3) is 5.91 Å². The largest absolute Gasteiger partial charge is 0.502 e. The molecule has 7 nitrogen and oxygen atoms in total. The van der Waals surface area contributed by atoms with Crippen LogP contribution >= 0.6 is 0 Å². The Morgan fingerprint density at radius 2 is 2.00 bits per heavy atom. The predicted octanol–water partition coefficient (Wildman–Crippen LogP) is 0.900. The molecule has 0 aromatic heterocycles. The number of aliphatic hydroxyl groups excluding tert-OH is 1. The van der Waals surface area contributed by atoms with E-state index in [9.17, 15) is 9.59 Å². The van der Waals surface area contributed by atoms with Crippen LogP contribution in [0.5, 0.6) is 11.5 Å². The minimum absolute atomic E-state index is 0.169. The van der Waals surface area contributed by atoms with E-state index in [-0.39, 0.29) is 13.3 Å². The molecule has 0 spiro atoms. The summed E-state index contributed by atoms with van der Waals surface area (Å²) in [6.45, 7) is 0.418. The summed E-state index contributed by atoms with van der Waals surface area (Å²) in [4.78, 5) is 23.4. The van der Waals surface area contributed by atoms with Gasteiger partial charge in [-0.3, -0.25) is 4.79 Å². The molecule has 0 bridgehead atoms. The van der Waals surface area contributed by atoms with E-state index in [1.807, 2.05) is 0 Å². The average molecular weight is 279 g/mol. The first-order chi connectivity index (χ1) is 9.47. The maximum atomic E-state index is 11.7. The lowest BCUT2D eigenvalue weighted by Gasteiger charge is -2.15. The molecule has 0 radical (unpaired) electrons. The highest BCUT2D eigenvalue weighted by atomic mass is 16.7. The lowest BCUT2D eigenvalue weighted by molar-refractivity contribution is -0.136. The van der Waals surface area contributed by atoms with E-state index in [0.29, 0.717) is 17.6 Å². The van der Waals surface area contributed by atoms with E-state index in [4.69, 9.17) is 19.7 Å². The Labute approximate surface area is 114 Å². The van der Waals surface area contributed by atoms with Crippen LogP contribution in [0.3, 0.4) is 0 Å². The molecule has 0 saturated carbocycles. The fourth-order valence-electron chi connectivity index (χ4n) is 1.68. The molecule has 1 aromatic carbocycles. The molecule has 7 heteroatoms. The van der Waals surface area contributed by atoms with Gasteiger partial charge < -0.3 is 24.6 Å². The molecule has 0 atom stereocenters. The first-order valence-electron chi connectivity index (χ1n) is 5.75. The smallest absolute Gasteiger partial charge is 0.371 e. The summed E-state index contributed by atoms with van der Waals surface area (Å²) in [5, 5.41) is 17.5. The van der Waals surface area contributed by atoms with Gasteiger partial charge in [-0.15, -0.1) is 0 Å². The zero-order valence-corrected chi connectivity index (χ0v) is 10.7. The van der Waals surface area contributed by atoms with Crippen LogP contribution in [0.1, 0.15) is 5.56 Å². The number of ether oxygens (including phenoxy) is 2. The monoisotopic (exact) mass is 279 g/mol. The van der Waals surface area contributed by atoms with E-state index in [2.05, 4.69) is 0 Å². The number of rotatable bonds is 4. The molecule has 106 valence electrons. The number of hydrogen-bond acceptors (Lipinski definition) is 5. The van der Waals surface area contributed by atoms with Crippen LogP contribution in [0.15, 0.2) is 30.0 Å². The molecule has 0 saturated heterocycles. The van der Waals surface area contributed by atoms with Crippen LogP contribution in [0.2, 0.25) is 0 Å². The minimum atomic E-state index is -1.55. The Morgan fingerprint density at radius 1 is 1.30 bits per heavy atom. The molecule has 20 heavy (non-hydrogen) atoms. The van der Waals surface area contributed by atoms with Crippen molar-refractivity contribution in [2.75, 3.05) is 13.8 Å². The number of aliphatic carboxylic acids is 1. The van der Waals surface area contributed by atoms with Crippen molar-refractivity contribution in [3.8, 4) is 11.5 Å². The Morgan fingerprint density at radius 3 is 2.70 bits per heavy atom. The number of carbonyl (C=O) groups is 2. The number of benzene rings is 1. The third-order valence-corrected chi connectivity index (χ3v) is 2.71. The number of hydrogen-bond donors (Lipinski definition) is 2. The third-order valence-electron chi connectivity index (χ3n) is 2.71. The minimum Gasteiger partial charge on any atom is -0.502 e. The Bertz CT molecular complexity index is 580.